The molecule has 0 saturated heterocycles. The van der Waals surface area contributed by atoms with E-state index in [2.05, 4.69) is 10.3 Å². The molecule has 1 heterocycles. The van der Waals surface area contributed by atoms with Crippen molar-refractivity contribution in [2.24, 2.45) is 0 Å². The van der Waals surface area contributed by atoms with E-state index >= 15 is 0 Å². The van der Waals surface area contributed by atoms with E-state index in [0.29, 0.717) is 22.5 Å². The van der Waals surface area contributed by atoms with Crippen LogP contribution in [-0.4, -0.2) is 32.1 Å². The zero-order chi connectivity index (χ0) is 19.4. The summed E-state index contributed by atoms with van der Waals surface area (Å²) >= 11 is 0. The largest absolute Gasteiger partial charge is 0.324 e. The fourth-order valence-electron chi connectivity index (χ4n) is 2.67. The van der Waals surface area contributed by atoms with Crippen LogP contribution in [0, 0.1) is 11.3 Å². The average molecular weight is 380 g/mol. The Morgan fingerprint density at radius 3 is 2.67 bits per heavy atom. The minimum Gasteiger partial charge on any atom is -0.324 e. The summed E-state index contributed by atoms with van der Waals surface area (Å²) in [4.78, 5) is 16.7. The molecule has 0 aliphatic carbocycles. The van der Waals surface area contributed by atoms with Gasteiger partial charge in [0.05, 0.1) is 29.1 Å². The maximum absolute atomic E-state index is 12.5. The Hall–Kier alpha value is -3.44. The van der Waals surface area contributed by atoms with Crippen molar-refractivity contribution in [3.63, 3.8) is 0 Å². The van der Waals surface area contributed by atoms with Gasteiger partial charge >= 0.3 is 0 Å². The molecule has 1 amide bonds. The van der Waals surface area contributed by atoms with Crippen LogP contribution in [-0.2, 0) is 14.8 Å². The van der Waals surface area contributed by atoms with Crippen LogP contribution in [0.2, 0.25) is 0 Å². The van der Waals surface area contributed by atoms with E-state index in [1.165, 1.54) is 6.07 Å². The molecule has 3 rings (SSSR count). The smallest absolute Gasteiger partial charge is 0.245 e. The molecule has 7 nitrogen and oxygen atoms in total. The van der Waals surface area contributed by atoms with Gasteiger partial charge in [-0.15, -0.1) is 0 Å². The highest BCUT2D eigenvalue weighted by molar-refractivity contribution is 7.92. The number of pyridine rings is 1. The second-order valence-electron chi connectivity index (χ2n) is 5.86. The summed E-state index contributed by atoms with van der Waals surface area (Å²) in [5.41, 5.74) is 1.63. The van der Waals surface area contributed by atoms with Crippen molar-refractivity contribution in [3.05, 3.63) is 66.4 Å². The number of nitrogens with zero attached hydrogens (tertiary/aromatic N) is 3. The number of benzene rings is 2. The number of anilines is 2. The molecular formula is C19H16N4O3S. The first-order chi connectivity index (χ1) is 12.9. The zero-order valence-electron chi connectivity index (χ0n) is 14.5. The molecule has 0 bridgehead atoms. The second-order valence-corrected chi connectivity index (χ2v) is 7.77. The molecule has 8 heteroatoms. The number of nitriles is 1. The average Bonchev–Trinajstić information content (AvgIpc) is 2.65. The summed E-state index contributed by atoms with van der Waals surface area (Å²) < 4.78 is 25.7. The third kappa shape index (κ3) is 4.22. The number of fused-ring (bicyclic) bond motifs is 1. The van der Waals surface area contributed by atoms with Gasteiger partial charge in [0.25, 0.3) is 0 Å². The molecule has 0 spiro atoms. The Labute approximate surface area is 156 Å². The lowest BCUT2D eigenvalue weighted by atomic mass is 10.2. The molecule has 0 radical (unpaired) electrons. The Bertz CT molecular complexity index is 1150. The van der Waals surface area contributed by atoms with Gasteiger partial charge in [-0.3, -0.25) is 14.1 Å². The molecular weight excluding hydrogens is 364 g/mol. The Balaban J connectivity index is 1.92. The standard InChI is InChI=1S/C19H16N4O3S/c1-27(25,26)23(17-9-3-6-15-7-4-10-21-19(15)17)13-18(24)22-16-8-2-5-14(11-16)12-20/h2-11H,13H2,1H3,(H,22,24). The van der Waals surface area contributed by atoms with Crippen LogP contribution in [0.1, 0.15) is 5.56 Å². The Kier molecular flexibility index (Phi) is 5.05. The number of rotatable bonds is 5. The highest BCUT2D eigenvalue weighted by Crippen LogP contribution is 2.26. The van der Waals surface area contributed by atoms with Gasteiger partial charge in [-0.25, -0.2) is 8.42 Å². The SMILES string of the molecule is CS(=O)(=O)N(CC(=O)Nc1cccc(C#N)c1)c1cccc2cccnc12. The van der Waals surface area contributed by atoms with Crippen LogP contribution < -0.4 is 9.62 Å². The van der Waals surface area contributed by atoms with Crippen molar-refractivity contribution in [1.82, 2.24) is 4.98 Å². The van der Waals surface area contributed by atoms with Crippen LogP contribution in [0.4, 0.5) is 11.4 Å². The summed E-state index contributed by atoms with van der Waals surface area (Å²) in [5.74, 6) is -0.525. The quantitative estimate of drug-likeness (QED) is 0.732. The van der Waals surface area contributed by atoms with E-state index in [1.807, 2.05) is 18.2 Å². The number of sulfonamides is 1. The van der Waals surface area contributed by atoms with E-state index in [1.54, 1.807) is 42.6 Å². The topological polar surface area (TPSA) is 103 Å². The molecule has 136 valence electrons. The first-order valence-corrected chi connectivity index (χ1v) is 9.85. The van der Waals surface area contributed by atoms with Crippen molar-refractivity contribution >= 4 is 38.2 Å². The summed E-state index contributed by atoms with van der Waals surface area (Å²) in [6.45, 7) is -0.411. The monoisotopic (exact) mass is 380 g/mol. The number of hydrogen-bond donors (Lipinski definition) is 1. The van der Waals surface area contributed by atoms with Crippen LogP contribution in [0.5, 0.6) is 0 Å². The molecule has 0 fully saturated rings. The number of carbonyl (C=O) groups is 1. The zero-order valence-corrected chi connectivity index (χ0v) is 15.3. The molecule has 27 heavy (non-hydrogen) atoms. The maximum Gasteiger partial charge on any atom is 0.245 e. The minimum atomic E-state index is -3.73. The number of carbonyl (C=O) groups excluding carboxylic acids is 1. The van der Waals surface area contributed by atoms with Gasteiger partial charge in [-0.2, -0.15) is 5.26 Å². The molecule has 2 aromatic carbocycles. The van der Waals surface area contributed by atoms with Gasteiger partial charge in [-0.05, 0) is 30.3 Å². The maximum atomic E-state index is 12.5. The van der Waals surface area contributed by atoms with E-state index in [4.69, 9.17) is 5.26 Å². The number of aromatic nitrogens is 1. The van der Waals surface area contributed by atoms with E-state index in [9.17, 15) is 13.2 Å². The van der Waals surface area contributed by atoms with Gasteiger partial charge < -0.3 is 5.32 Å². The van der Waals surface area contributed by atoms with Crippen LogP contribution in [0.3, 0.4) is 0 Å². The van der Waals surface area contributed by atoms with E-state index in [0.717, 1.165) is 15.9 Å². The molecule has 3 aromatic rings. The van der Waals surface area contributed by atoms with Crippen LogP contribution in [0.25, 0.3) is 10.9 Å². The lowest BCUT2D eigenvalue weighted by Crippen LogP contribution is -2.37. The fraction of sp³-hybridized carbons (Fsp3) is 0.105. The summed E-state index contributed by atoms with van der Waals surface area (Å²) in [6.07, 6.45) is 2.61. The van der Waals surface area contributed by atoms with E-state index < -0.39 is 22.5 Å². The van der Waals surface area contributed by atoms with Crippen LogP contribution >= 0.6 is 0 Å². The van der Waals surface area contributed by atoms with Gasteiger partial charge in [0, 0.05) is 17.3 Å². The molecule has 0 aliphatic heterocycles. The van der Waals surface area contributed by atoms with Crippen molar-refractivity contribution in [2.45, 2.75) is 0 Å². The number of para-hydroxylation sites is 1. The fourth-order valence-corrected chi connectivity index (χ4v) is 3.52. The Morgan fingerprint density at radius 1 is 1.19 bits per heavy atom. The predicted molar refractivity (Wildman–Crippen MR) is 104 cm³/mol. The summed E-state index contributed by atoms with van der Waals surface area (Å²) in [5, 5.41) is 12.3. The lowest BCUT2D eigenvalue weighted by Gasteiger charge is -2.23. The number of nitrogens with one attached hydrogen (secondary N) is 1. The summed E-state index contributed by atoms with van der Waals surface area (Å²) in [7, 11) is -3.73. The molecule has 0 saturated carbocycles. The first-order valence-electron chi connectivity index (χ1n) is 8.00. The van der Waals surface area contributed by atoms with Gasteiger partial charge in [-0.1, -0.05) is 24.3 Å². The highest BCUT2D eigenvalue weighted by Gasteiger charge is 2.23. The predicted octanol–water partition coefficient (Wildman–Crippen LogP) is 2.51. The lowest BCUT2D eigenvalue weighted by molar-refractivity contribution is -0.114. The first kappa shape index (κ1) is 18.4. The number of amides is 1. The van der Waals surface area contributed by atoms with Crippen molar-refractivity contribution in [2.75, 3.05) is 22.4 Å². The highest BCUT2D eigenvalue weighted by atomic mass is 32.2. The molecule has 1 N–H and O–H groups in total. The molecule has 0 atom stereocenters. The van der Waals surface area contributed by atoms with Crippen LogP contribution in [0.15, 0.2) is 60.8 Å². The number of hydrogen-bond acceptors (Lipinski definition) is 5. The minimum absolute atomic E-state index is 0.330. The molecule has 0 aliphatic rings. The van der Waals surface area contributed by atoms with Gasteiger partial charge in [0.2, 0.25) is 15.9 Å². The molecule has 0 unspecified atom stereocenters. The van der Waals surface area contributed by atoms with Crippen molar-refractivity contribution < 1.29 is 13.2 Å². The van der Waals surface area contributed by atoms with Gasteiger partial charge in [0.1, 0.15) is 6.54 Å². The normalized spacial score (nSPS) is 11.0. The summed E-state index contributed by atoms with van der Waals surface area (Å²) in [6, 6.07) is 17.1. The second kappa shape index (κ2) is 7.43. The van der Waals surface area contributed by atoms with Gasteiger partial charge in [0.15, 0.2) is 0 Å². The third-order valence-electron chi connectivity index (χ3n) is 3.84. The van der Waals surface area contributed by atoms with E-state index in [-0.39, 0.29) is 0 Å². The molecule has 1 aromatic heterocycles. The third-order valence-corrected chi connectivity index (χ3v) is 4.97. The van der Waals surface area contributed by atoms with Crippen molar-refractivity contribution in [1.29, 1.82) is 5.26 Å². The Morgan fingerprint density at radius 2 is 1.93 bits per heavy atom. The van der Waals surface area contributed by atoms with Crippen molar-refractivity contribution in [3.8, 4) is 6.07 Å².